The number of hydrogen-bond acceptors (Lipinski definition) is 4. The average Bonchev–Trinajstić information content (AvgIpc) is 3.14. The molecule has 1 aliphatic rings. The molecule has 1 aliphatic carbocycles. The van der Waals surface area contributed by atoms with Gasteiger partial charge >= 0.3 is 0 Å². The monoisotopic (exact) mass is 357 g/mol. The molecule has 0 spiro atoms. The first-order chi connectivity index (χ1) is 12.1. The number of nitrogens with zero attached hydrogens (tertiary/aromatic N) is 2. The predicted octanol–water partition coefficient (Wildman–Crippen LogP) is 4.37. The van der Waals surface area contributed by atoms with Crippen LogP contribution < -0.4 is 10.6 Å². The number of thiophene rings is 1. The fraction of sp³-hybridized carbons (Fsp3) is 0.450. The molecule has 134 valence electrons. The summed E-state index contributed by atoms with van der Waals surface area (Å²) in [5, 5.41) is 1.97. The van der Waals surface area contributed by atoms with E-state index in [2.05, 4.69) is 9.80 Å². The minimum atomic E-state index is 0.147. The zero-order chi connectivity index (χ0) is 17.8. The first-order valence-corrected chi connectivity index (χ1v) is 9.84. The summed E-state index contributed by atoms with van der Waals surface area (Å²) in [7, 11) is 4.06. The lowest BCUT2D eigenvalue weighted by atomic mass is 9.93. The van der Waals surface area contributed by atoms with E-state index in [9.17, 15) is 4.79 Å². The largest absolute Gasteiger partial charge is 0.399 e. The number of rotatable bonds is 5. The van der Waals surface area contributed by atoms with Crippen LogP contribution in [-0.4, -0.2) is 30.9 Å². The summed E-state index contributed by atoms with van der Waals surface area (Å²) < 4.78 is 0. The van der Waals surface area contributed by atoms with Crippen LogP contribution >= 0.6 is 11.3 Å². The number of benzene rings is 1. The van der Waals surface area contributed by atoms with Crippen molar-refractivity contribution in [2.24, 2.45) is 0 Å². The molecule has 1 saturated carbocycles. The topological polar surface area (TPSA) is 49.6 Å². The number of anilines is 2. The van der Waals surface area contributed by atoms with Gasteiger partial charge in [0.25, 0.3) is 5.91 Å². The molecular weight excluding hydrogens is 330 g/mol. The summed E-state index contributed by atoms with van der Waals surface area (Å²) in [6.45, 7) is 0.611. The lowest BCUT2D eigenvalue weighted by molar-refractivity contribution is 0.0619. The van der Waals surface area contributed by atoms with Gasteiger partial charge < -0.3 is 15.5 Å². The van der Waals surface area contributed by atoms with Gasteiger partial charge in [0.2, 0.25) is 0 Å². The Morgan fingerprint density at radius 3 is 2.60 bits per heavy atom. The van der Waals surface area contributed by atoms with Crippen molar-refractivity contribution >= 4 is 28.6 Å². The summed E-state index contributed by atoms with van der Waals surface area (Å²) in [6, 6.07) is 10.2. The van der Waals surface area contributed by atoms with Crippen LogP contribution in [0, 0.1) is 0 Å². The third-order valence-electron chi connectivity index (χ3n) is 4.93. The zero-order valence-corrected chi connectivity index (χ0v) is 15.9. The molecule has 2 N–H and O–H groups in total. The Kier molecular flexibility index (Phi) is 5.63. The number of hydrogen-bond donors (Lipinski definition) is 1. The highest BCUT2D eigenvalue weighted by atomic mass is 32.1. The summed E-state index contributed by atoms with van der Waals surface area (Å²) in [6.07, 6.45) is 5.87. The van der Waals surface area contributed by atoms with Crippen LogP contribution in [0.1, 0.15) is 47.3 Å². The molecule has 1 fully saturated rings. The Bertz CT molecular complexity index is 706. The quantitative estimate of drug-likeness (QED) is 0.808. The molecule has 25 heavy (non-hydrogen) atoms. The third-order valence-corrected chi connectivity index (χ3v) is 5.79. The fourth-order valence-corrected chi connectivity index (χ4v) is 4.33. The molecule has 0 saturated heterocycles. The third kappa shape index (κ3) is 4.15. The molecule has 3 rings (SSSR count). The van der Waals surface area contributed by atoms with E-state index in [1.807, 2.05) is 49.8 Å². The molecule has 0 radical (unpaired) electrons. The minimum Gasteiger partial charge on any atom is -0.399 e. The average molecular weight is 358 g/mol. The van der Waals surface area contributed by atoms with Crippen molar-refractivity contribution in [2.75, 3.05) is 24.7 Å². The molecule has 4 nitrogen and oxygen atoms in total. The van der Waals surface area contributed by atoms with Crippen LogP contribution in [0.3, 0.4) is 0 Å². The van der Waals surface area contributed by atoms with E-state index in [0.29, 0.717) is 12.6 Å². The molecule has 1 heterocycles. The first kappa shape index (κ1) is 17.8. The standard InChI is InChI=1S/C20H27N3OS/c1-22(2)18-11-10-16(21)13-15(18)14-23(17-7-4-3-5-8-17)20(24)19-9-6-12-25-19/h6,9-13,17H,3-5,7-8,14,21H2,1-2H3. The van der Waals surface area contributed by atoms with Crippen molar-refractivity contribution in [3.8, 4) is 0 Å². The van der Waals surface area contributed by atoms with E-state index in [0.717, 1.165) is 34.7 Å². The molecule has 5 heteroatoms. The number of amides is 1. The maximum absolute atomic E-state index is 13.2. The Morgan fingerprint density at radius 2 is 1.96 bits per heavy atom. The normalized spacial score (nSPS) is 15.1. The Labute approximate surface area is 154 Å². The summed E-state index contributed by atoms with van der Waals surface area (Å²) >= 11 is 1.52. The van der Waals surface area contributed by atoms with Gasteiger partial charge in [0.1, 0.15) is 0 Å². The molecule has 0 aliphatic heterocycles. The van der Waals surface area contributed by atoms with E-state index in [-0.39, 0.29) is 5.91 Å². The highest BCUT2D eigenvalue weighted by Gasteiger charge is 2.27. The second-order valence-corrected chi connectivity index (χ2v) is 7.93. The summed E-state index contributed by atoms with van der Waals surface area (Å²) in [5.74, 6) is 0.147. The first-order valence-electron chi connectivity index (χ1n) is 8.96. The maximum Gasteiger partial charge on any atom is 0.264 e. The van der Waals surface area contributed by atoms with Crippen molar-refractivity contribution < 1.29 is 4.79 Å². The van der Waals surface area contributed by atoms with E-state index in [1.54, 1.807) is 0 Å². The van der Waals surface area contributed by atoms with Gasteiger partial charge in [0.15, 0.2) is 0 Å². The van der Waals surface area contributed by atoms with Crippen molar-refractivity contribution in [1.29, 1.82) is 0 Å². The molecule has 1 amide bonds. The van der Waals surface area contributed by atoms with Crippen molar-refractivity contribution in [3.05, 3.63) is 46.2 Å². The van der Waals surface area contributed by atoms with Crippen LogP contribution in [-0.2, 0) is 6.54 Å². The van der Waals surface area contributed by atoms with Crippen LogP contribution in [0.2, 0.25) is 0 Å². The number of carbonyl (C=O) groups is 1. The molecule has 0 atom stereocenters. The van der Waals surface area contributed by atoms with Gasteiger partial charge in [-0.1, -0.05) is 25.3 Å². The Morgan fingerprint density at radius 1 is 1.20 bits per heavy atom. The second kappa shape index (κ2) is 7.91. The van der Waals surface area contributed by atoms with Gasteiger partial charge in [0.05, 0.1) is 4.88 Å². The Hall–Kier alpha value is -2.01. The number of carbonyl (C=O) groups excluding carboxylic acids is 1. The van der Waals surface area contributed by atoms with Crippen molar-refractivity contribution in [1.82, 2.24) is 4.90 Å². The maximum atomic E-state index is 13.2. The smallest absolute Gasteiger partial charge is 0.264 e. The SMILES string of the molecule is CN(C)c1ccc(N)cc1CN(C(=O)c1cccs1)C1CCCCC1. The number of nitrogens with two attached hydrogens (primary N) is 1. The van der Waals surface area contributed by atoms with Gasteiger partial charge in [-0.25, -0.2) is 0 Å². The zero-order valence-electron chi connectivity index (χ0n) is 15.1. The molecule has 0 unspecified atom stereocenters. The van der Waals surface area contributed by atoms with Gasteiger partial charge in [-0.15, -0.1) is 11.3 Å². The summed E-state index contributed by atoms with van der Waals surface area (Å²) in [5.41, 5.74) is 9.01. The highest BCUT2D eigenvalue weighted by molar-refractivity contribution is 7.12. The predicted molar refractivity (Wildman–Crippen MR) is 106 cm³/mol. The van der Waals surface area contributed by atoms with E-state index < -0.39 is 0 Å². The van der Waals surface area contributed by atoms with Crippen LogP contribution in [0.5, 0.6) is 0 Å². The van der Waals surface area contributed by atoms with Crippen molar-refractivity contribution in [3.63, 3.8) is 0 Å². The van der Waals surface area contributed by atoms with E-state index in [1.165, 1.54) is 30.6 Å². The van der Waals surface area contributed by atoms with Gasteiger partial charge in [-0.3, -0.25) is 4.79 Å². The molecule has 0 bridgehead atoms. The van der Waals surface area contributed by atoms with Crippen LogP contribution in [0.15, 0.2) is 35.7 Å². The minimum absolute atomic E-state index is 0.147. The fourth-order valence-electron chi connectivity index (χ4n) is 3.65. The molecule has 2 aromatic rings. The highest BCUT2D eigenvalue weighted by Crippen LogP contribution is 2.30. The van der Waals surface area contributed by atoms with Gasteiger partial charge in [0, 0.05) is 38.1 Å². The van der Waals surface area contributed by atoms with E-state index >= 15 is 0 Å². The Balaban J connectivity index is 1.92. The second-order valence-electron chi connectivity index (χ2n) is 6.98. The van der Waals surface area contributed by atoms with Gasteiger partial charge in [-0.05, 0) is 48.1 Å². The van der Waals surface area contributed by atoms with Gasteiger partial charge in [-0.2, -0.15) is 0 Å². The lowest BCUT2D eigenvalue weighted by Gasteiger charge is -2.35. The molecule has 1 aromatic heterocycles. The molecule has 1 aromatic carbocycles. The summed E-state index contributed by atoms with van der Waals surface area (Å²) in [4.78, 5) is 18.2. The van der Waals surface area contributed by atoms with Crippen LogP contribution in [0.25, 0.3) is 0 Å². The lowest BCUT2D eigenvalue weighted by Crippen LogP contribution is -2.41. The van der Waals surface area contributed by atoms with E-state index in [4.69, 9.17) is 5.73 Å². The molecular formula is C20H27N3OS. The number of nitrogen functional groups attached to an aromatic ring is 1. The van der Waals surface area contributed by atoms with Crippen molar-refractivity contribution in [2.45, 2.75) is 44.7 Å². The van der Waals surface area contributed by atoms with Crippen LogP contribution in [0.4, 0.5) is 11.4 Å².